The molecule has 2 aromatic rings. The summed E-state index contributed by atoms with van der Waals surface area (Å²) in [5.41, 5.74) is 0.951. The lowest BCUT2D eigenvalue weighted by molar-refractivity contribution is -0.0704. The van der Waals surface area contributed by atoms with Gasteiger partial charge in [-0.15, -0.1) is 0 Å². The van der Waals surface area contributed by atoms with Gasteiger partial charge in [0.05, 0.1) is 12.2 Å². The summed E-state index contributed by atoms with van der Waals surface area (Å²) >= 11 is 0. The van der Waals surface area contributed by atoms with Crippen LogP contribution in [-0.2, 0) is 11.3 Å². The van der Waals surface area contributed by atoms with E-state index in [1.54, 1.807) is 12.1 Å². The first-order chi connectivity index (χ1) is 10.0. The first kappa shape index (κ1) is 14.1. The summed E-state index contributed by atoms with van der Waals surface area (Å²) in [6.07, 6.45) is 0.369. The Morgan fingerprint density at radius 1 is 1.24 bits per heavy atom. The first-order valence-corrected chi connectivity index (χ1v) is 7.15. The quantitative estimate of drug-likeness (QED) is 0.858. The third-order valence-corrected chi connectivity index (χ3v) is 3.70. The Bertz CT molecular complexity index is 699. The SMILES string of the molecule is C[C@@H]1CN(Cc2cc(=O)oc3cc(O)ccc23)C[C@@H](C)O1. The first-order valence-electron chi connectivity index (χ1n) is 7.15. The topological polar surface area (TPSA) is 62.9 Å². The summed E-state index contributed by atoms with van der Waals surface area (Å²) in [5, 5.41) is 10.4. The Kier molecular flexibility index (Phi) is 3.69. The molecule has 0 radical (unpaired) electrons. The number of ether oxygens (including phenoxy) is 1. The van der Waals surface area contributed by atoms with Crippen molar-refractivity contribution in [1.29, 1.82) is 0 Å². The monoisotopic (exact) mass is 289 g/mol. The Morgan fingerprint density at radius 2 is 1.95 bits per heavy atom. The molecule has 1 fully saturated rings. The van der Waals surface area contributed by atoms with Crippen LogP contribution in [0.25, 0.3) is 11.0 Å². The average molecular weight is 289 g/mol. The number of nitrogens with zero attached hydrogens (tertiary/aromatic N) is 1. The molecule has 0 saturated carbocycles. The maximum Gasteiger partial charge on any atom is 0.336 e. The lowest BCUT2D eigenvalue weighted by Crippen LogP contribution is -2.44. The van der Waals surface area contributed by atoms with Crippen LogP contribution >= 0.6 is 0 Å². The highest BCUT2D eigenvalue weighted by atomic mass is 16.5. The third-order valence-electron chi connectivity index (χ3n) is 3.70. The van der Waals surface area contributed by atoms with Crippen molar-refractivity contribution in [2.24, 2.45) is 0 Å². The molecule has 5 nitrogen and oxygen atoms in total. The van der Waals surface area contributed by atoms with Crippen LogP contribution in [0, 0.1) is 0 Å². The molecular weight excluding hydrogens is 270 g/mol. The van der Waals surface area contributed by atoms with Gasteiger partial charge in [-0.3, -0.25) is 4.90 Å². The number of fused-ring (bicyclic) bond motifs is 1. The lowest BCUT2D eigenvalue weighted by atomic mass is 10.1. The van der Waals surface area contributed by atoms with Gasteiger partial charge in [-0.05, 0) is 31.5 Å². The maximum absolute atomic E-state index is 11.7. The van der Waals surface area contributed by atoms with Gasteiger partial charge in [-0.1, -0.05) is 0 Å². The predicted molar refractivity (Wildman–Crippen MR) is 79.4 cm³/mol. The molecule has 0 spiro atoms. The molecule has 3 rings (SSSR count). The van der Waals surface area contributed by atoms with E-state index in [0.29, 0.717) is 12.1 Å². The van der Waals surface area contributed by atoms with E-state index >= 15 is 0 Å². The van der Waals surface area contributed by atoms with Crippen LogP contribution in [0.15, 0.2) is 33.5 Å². The van der Waals surface area contributed by atoms with Gasteiger partial charge in [-0.25, -0.2) is 4.79 Å². The van der Waals surface area contributed by atoms with E-state index < -0.39 is 5.63 Å². The normalized spacial score (nSPS) is 23.5. The van der Waals surface area contributed by atoms with E-state index in [1.165, 1.54) is 12.1 Å². The summed E-state index contributed by atoms with van der Waals surface area (Å²) in [6, 6.07) is 6.40. The van der Waals surface area contributed by atoms with E-state index in [1.807, 2.05) is 0 Å². The number of hydrogen-bond acceptors (Lipinski definition) is 5. The molecule has 1 aliphatic heterocycles. The molecule has 1 N–H and O–H groups in total. The smallest absolute Gasteiger partial charge is 0.336 e. The van der Waals surface area contributed by atoms with Crippen molar-refractivity contribution in [2.75, 3.05) is 13.1 Å². The summed E-state index contributed by atoms with van der Waals surface area (Å²) in [4.78, 5) is 14.0. The molecule has 1 aromatic heterocycles. The minimum atomic E-state index is -0.391. The number of phenols is 1. The molecule has 112 valence electrons. The fourth-order valence-electron chi connectivity index (χ4n) is 3.00. The van der Waals surface area contributed by atoms with E-state index in [9.17, 15) is 9.90 Å². The minimum Gasteiger partial charge on any atom is -0.508 e. The molecule has 0 amide bonds. The van der Waals surface area contributed by atoms with Crippen molar-refractivity contribution < 1.29 is 14.3 Å². The van der Waals surface area contributed by atoms with Crippen LogP contribution in [0.1, 0.15) is 19.4 Å². The van der Waals surface area contributed by atoms with Gasteiger partial charge in [0.1, 0.15) is 11.3 Å². The molecule has 1 saturated heterocycles. The lowest BCUT2D eigenvalue weighted by Gasteiger charge is -2.35. The van der Waals surface area contributed by atoms with Crippen molar-refractivity contribution in [3.05, 3.63) is 40.2 Å². The van der Waals surface area contributed by atoms with E-state index in [4.69, 9.17) is 9.15 Å². The molecule has 1 aliphatic rings. The third kappa shape index (κ3) is 3.09. The molecular formula is C16H19NO4. The van der Waals surface area contributed by atoms with Crippen LogP contribution in [-0.4, -0.2) is 35.3 Å². The van der Waals surface area contributed by atoms with Crippen molar-refractivity contribution in [3.63, 3.8) is 0 Å². The van der Waals surface area contributed by atoms with Crippen LogP contribution < -0.4 is 5.63 Å². The number of benzene rings is 1. The zero-order chi connectivity index (χ0) is 15.0. The molecule has 0 aliphatic carbocycles. The minimum absolute atomic E-state index is 0.0939. The molecule has 21 heavy (non-hydrogen) atoms. The predicted octanol–water partition coefficient (Wildman–Crippen LogP) is 2.11. The van der Waals surface area contributed by atoms with Crippen molar-refractivity contribution in [2.45, 2.75) is 32.6 Å². The van der Waals surface area contributed by atoms with Gasteiger partial charge >= 0.3 is 5.63 Å². The summed E-state index contributed by atoms with van der Waals surface area (Å²) < 4.78 is 10.9. The van der Waals surface area contributed by atoms with E-state index in [0.717, 1.165) is 24.0 Å². The van der Waals surface area contributed by atoms with Gasteiger partial charge in [0.15, 0.2) is 0 Å². The Labute approximate surface area is 122 Å². The number of rotatable bonds is 2. The summed E-state index contributed by atoms with van der Waals surface area (Å²) in [6.45, 7) is 6.45. The van der Waals surface area contributed by atoms with Crippen molar-refractivity contribution >= 4 is 11.0 Å². The highest BCUT2D eigenvalue weighted by Gasteiger charge is 2.22. The second kappa shape index (κ2) is 5.50. The van der Waals surface area contributed by atoms with Gasteiger partial charge in [0.25, 0.3) is 0 Å². The fourth-order valence-corrected chi connectivity index (χ4v) is 3.00. The zero-order valence-corrected chi connectivity index (χ0v) is 12.2. The average Bonchev–Trinajstić information content (AvgIpc) is 2.36. The van der Waals surface area contributed by atoms with Gasteiger partial charge < -0.3 is 14.3 Å². The highest BCUT2D eigenvalue weighted by molar-refractivity contribution is 5.81. The maximum atomic E-state index is 11.7. The molecule has 2 heterocycles. The summed E-state index contributed by atoms with van der Waals surface area (Å²) in [5.74, 6) is 0.0939. The van der Waals surface area contributed by atoms with Gasteiger partial charge in [0, 0.05) is 37.2 Å². The van der Waals surface area contributed by atoms with E-state index in [-0.39, 0.29) is 18.0 Å². The number of phenolic OH excluding ortho intramolecular Hbond substituents is 1. The Hall–Kier alpha value is -1.85. The van der Waals surface area contributed by atoms with Crippen molar-refractivity contribution in [1.82, 2.24) is 4.90 Å². The highest BCUT2D eigenvalue weighted by Crippen LogP contribution is 2.23. The van der Waals surface area contributed by atoms with Crippen LogP contribution in [0.2, 0.25) is 0 Å². The fraction of sp³-hybridized carbons (Fsp3) is 0.438. The Balaban J connectivity index is 1.95. The van der Waals surface area contributed by atoms with E-state index in [2.05, 4.69) is 18.7 Å². The largest absolute Gasteiger partial charge is 0.508 e. The van der Waals surface area contributed by atoms with Crippen molar-refractivity contribution in [3.8, 4) is 5.75 Å². The molecule has 5 heteroatoms. The van der Waals surface area contributed by atoms with Gasteiger partial charge in [0.2, 0.25) is 0 Å². The number of aromatic hydroxyl groups is 1. The second-order valence-corrected chi connectivity index (χ2v) is 5.72. The summed E-state index contributed by atoms with van der Waals surface area (Å²) in [7, 11) is 0. The van der Waals surface area contributed by atoms with Crippen LogP contribution in [0.3, 0.4) is 0 Å². The standard InChI is InChI=1S/C16H19NO4/c1-10-7-17(8-11(2)20-10)9-12-5-16(19)21-15-6-13(18)3-4-14(12)15/h3-6,10-11,18H,7-9H2,1-2H3/t10-,11-/m1/s1. The number of hydrogen-bond donors (Lipinski definition) is 1. The molecule has 0 unspecified atom stereocenters. The van der Waals surface area contributed by atoms with Gasteiger partial charge in [-0.2, -0.15) is 0 Å². The number of morpholine rings is 1. The second-order valence-electron chi connectivity index (χ2n) is 5.72. The zero-order valence-electron chi connectivity index (χ0n) is 12.2. The molecule has 0 bridgehead atoms. The molecule has 1 aromatic carbocycles. The van der Waals surface area contributed by atoms with Crippen LogP contribution in [0.5, 0.6) is 5.75 Å². The van der Waals surface area contributed by atoms with Crippen LogP contribution in [0.4, 0.5) is 0 Å². The molecule has 2 atom stereocenters. The Morgan fingerprint density at radius 3 is 2.67 bits per heavy atom.